The lowest BCUT2D eigenvalue weighted by Crippen LogP contribution is -2.27. The Morgan fingerprint density at radius 2 is 1.79 bits per heavy atom. The summed E-state index contributed by atoms with van der Waals surface area (Å²) in [5.74, 6) is 0.167. The molecule has 1 aliphatic heterocycles. The molecule has 1 saturated heterocycles. The van der Waals surface area contributed by atoms with E-state index >= 15 is 0 Å². The molecule has 1 amide bonds. The van der Waals surface area contributed by atoms with Gasteiger partial charge in [0.2, 0.25) is 5.91 Å². The molecule has 28 heavy (non-hydrogen) atoms. The summed E-state index contributed by atoms with van der Waals surface area (Å²) >= 11 is 6.21. The molecule has 6 nitrogen and oxygen atoms in total. The van der Waals surface area contributed by atoms with Crippen molar-refractivity contribution < 1.29 is 23.8 Å². The highest BCUT2D eigenvalue weighted by molar-refractivity contribution is 6.32. The van der Waals surface area contributed by atoms with Crippen molar-refractivity contribution in [2.45, 2.75) is 20.3 Å². The van der Waals surface area contributed by atoms with E-state index in [1.807, 2.05) is 26.0 Å². The molecule has 0 saturated carbocycles. The first kappa shape index (κ1) is 20.0. The van der Waals surface area contributed by atoms with Gasteiger partial charge in [-0.3, -0.25) is 9.59 Å². The molecular weight excluding hydrogens is 382 g/mol. The van der Waals surface area contributed by atoms with Crippen LogP contribution in [0.15, 0.2) is 30.3 Å². The zero-order valence-corrected chi connectivity index (χ0v) is 17.0. The lowest BCUT2D eigenvalue weighted by Gasteiger charge is -2.20. The number of carbonyl (C=O) groups excluding carboxylic acids is 2. The van der Waals surface area contributed by atoms with Gasteiger partial charge >= 0.3 is 5.97 Å². The lowest BCUT2D eigenvalue weighted by molar-refractivity contribution is -0.139. The predicted molar refractivity (Wildman–Crippen MR) is 107 cm³/mol. The van der Waals surface area contributed by atoms with Crippen molar-refractivity contribution in [3.8, 4) is 17.2 Å². The summed E-state index contributed by atoms with van der Waals surface area (Å²) in [6.45, 7) is 4.14. The average molecular weight is 404 g/mol. The van der Waals surface area contributed by atoms with E-state index in [2.05, 4.69) is 0 Å². The van der Waals surface area contributed by atoms with Crippen molar-refractivity contribution in [3.05, 3.63) is 46.5 Å². The molecule has 1 atom stereocenters. The Hall–Kier alpha value is -2.73. The smallest absolute Gasteiger partial charge is 0.316 e. The van der Waals surface area contributed by atoms with Gasteiger partial charge in [0.15, 0.2) is 0 Å². The van der Waals surface area contributed by atoms with Crippen molar-refractivity contribution in [2.24, 2.45) is 5.92 Å². The molecule has 0 aliphatic carbocycles. The summed E-state index contributed by atoms with van der Waals surface area (Å²) in [7, 11) is 3.00. The minimum Gasteiger partial charge on any atom is -0.495 e. The van der Waals surface area contributed by atoms with E-state index in [1.54, 1.807) is 18.2 Å². The fourth-order valence-corrected chi connectivity index (χ4v) is 3.37. The zero-order valence-electron chi connectivity index (χ0n) is 16.2. The Labute approximate surface area is 168 Å². The molecule has 3 rings (SSSR count). The molecule has 7 heteroatoms. The largest absolute Gasteiger partial charge is 0.495 e. The Morgan fingerprint density at radius 1 is 1.07 bits per heavy atom. The van der Waals surface area contributed by atoms with Crippen LogP contribution in [-0.2, 0) is 9.59 Å². The van der Waals surface area contributed by atoms with E-state index in [0.717, 1.165) is 11.1 Å². The number of amides is 1. The molecule has 1 aliphatic rings. The summed E-state index contributed by atoms with van der Waals surface area (Å²) in [5, 5.41) is 0.354. The molecule has 148 valence electrons. The molecule has 1 fully saturated rings. The van der Waals surface area contributed by atoms with Crippen LogP contribution in [0.4, 0.5) is 5.69 Å². The maximum absolute atomic E-state index is 12.6. The molecular formula is C21H22ClNO5. The van der Waals surface area contributed by atoms with Gasteiger partial charge in [0.1, 0.15) is 17.2 Å². The standard InChI is InChI=1S/C21H22ClNO5/c1-12-5-6-15(7-13(12)2)28-21(25)14-8-20(24)23(11-14)17-9-16(22)18(26-3)10-19(17)27-4/h5-7,9-10,14H,8,11H2,1-4H3/t14-/m1/s1. The highest BCUT2D eigenvalue weighted by Gasteiger charge is 2.38. The fourth-order valence-electron chi connectivity index (χ4n) is 3.13. The van der Waals surface area contributed by atoms with E-state index in [0.29, 0.717) is 28.0 Å². The number of halogens is 1. The first-order valence-corrected chi connectivity index (χ1v) is 9.22. The summed E-state index contributed by atoms with van der Waals surface area (Å²) in [4.78, 5) is 26.6. The van der Waals surface area contributed by atoms with Crippen LogP contribution in [0.2, 0.25) is 5.02 Å². The maximum Gasteiger partial charge on any atom is 0.316 e. The Bertz CT molecular complexity index is 927. The van der Waals surface area contributed by atoms with E-state index < -0.39 is 11.9 Å². The molecule has 0 radical (unpaired) electrons. The third-order valence-corrected chi connectivity index (χ3v) is 5.19. The van der Waals surface area contributed by atoms with Gasteiger partial charge in [0.05, 0.1) is 30.8 Å². The number of ether oxygens (including phenoxy) is 3. The number of methoxy groups -OCH3 is 2. The second-order valence-corrected chi connectivity index (χ2v) is 7.14. The van der Waals surface area contributed by atoms with Gasteiger partial charge in [0, 0.05) is 19.0 Å². The van der Waals surface area contributed by atoms with Crippen LogP contribution in [0.25, 0.3) is 0 Å². The Kier molecular flexibility index (Phi) is 5.79. The first-order chi connectivity index (χ1) is 13.3. The third-order valence-electron chi connectivity index (χ3n) is 4.90. The van der Waals surface area contributed by atoms with Crippen molar-refractivity contribution in [3.63, 3.8) is 0 Å². The van der Waals surface area contributed by atoms with Gasteiger partial charge in [-0.1, -0.05) is 17.7 Å². The number of aryl methyl sites for hydroxylation is 2. The lowest BCUT2D eigenvalue weighted by atomic mass is 10.1. The average Bonchev–Trinajstić information content (AvgIpc) is 3.06. The zero-order chi connectivity index (χ0) is 20.4. The van der Waals surface area contributed by atoms with Crippen LogP contribution in [0.3, 0.4) is 0 Å². The molecule has 0 aromatic heterocycles. The summed E-state index contributed by atoms with van der Waals surface area (Å²) in [6.07, 6.45) is 0.0660. The van der Waals surface area contributed by atoms with Crippen LogP contribution in [0.1, 0.15) is 17.5 Å². The minimum atomic E-state index is -0.570. The summed E-state index contributed by atoms with van der Waals surface area (Å²) in [6, 6.07) is 8.68. The van der Waals surface area contributed by atoms with Gasteiger partial charge in [-0.05, 0) is 43.2 Å². The van der Waals surface area contributed by atoms with Crippen molar-refractivity contribution in [2.75, 3.05) is 25.7 Å². The summed E-state index contributed by atoms with van der Waals surface area (Å²) in [5.41, 5.74) is 2.65. The Balaban J connectivity index is 1.79. The normalized spacial score (nSPS) is 16.2. The van der Waals surface area contributed by atoms with Crippen molar-refractivity contribution in [1.29, 1.82) is 0 Å². The number of nitrogens with zero attached hydrogens (tertiary/aromatic N) is 1. The number of hydrogen-bond acceptors (Lipinski definition) is 5. The van der Waals surface area contributed by atoms with Crippen LogP contribution in [0, 0.1) is 19.8 Å². The van der Waals surface area contributed by atoms with Gasteiger partial charge in [0.25, 0.3) is 0 Å². The van der Waals surface area contributed by atoms with Gasteiger partial charge in [-0.2, -0.15) is 0 Å². The van der Waals surface area contributed by atoms with E-state index in [1.165, 1.54) is 19.1 Å². The van der Waals surface area contributed by atoms with Crippen LogP contribution >= 0.6 is 11.6 Å². The van der Waals surface area contributed by atoms with Crippen molar-refractivity contribution >= 4 is 29.2 Å². The topological polar surface area (TPSA) is 65.1 Å². The second-order valence-electron chi connectivity index (χ2n) is 6.73. The van der Waals surface area contributed by atoms with E-state index in [9.17, 15) is 9.59 Å². The first-order valence-electron chi connectivity index (χ1n) is 8.85. The molecule has 0 bridgehead atoms. The van der Waals surface area contributed by atoms with Crippen LogP contribution in [0.5, 0.6) is 17.2 Å². The van der Waals surface area contributed by atoms with E-state index in [4.69, 9.17) is 25.8 Å². The monoisotopic (exact) mass is 403 g/mol. The number of anilines is 1. The molecule has 0 spiro atoms. The van der Waals surface area contributed by atoms with Crippen LogP contribution in [-0.4, -0.2) is 32.6 Å². The predicted octanol–water partition coefficient (Wildman–Crippen LogP) is 3.93. The summed E-state index contributed by atoms with van der Waals surface area (Å²) < 4.78 is 16.0. The van der Waals surface area contributed by atoms with E-state index in [-0.39, 0.29) is 18.9 Å². The highest BCUT2D eigenvalue weighted by atomic mass is 35.5. The number of hydrogen-bond donors (Lipinski definition) is 0. The number of benzene rings is 2. The number of esters is 1. The molecule has 0 unspecified atom stereocenters. The van der Waals surface area contributed by atoms with Gasteiger partial charge < -0.3 is 19.1 Å². The van der Waals surface area contributed by atoms with Gasteiger partial charge in [-0.25, -0.2) is 0 Å². The third kappa shape index (κ3) is 3.92. The van der Waals surface area contributed by atoms with Crippen molar-refractivity contribution in [1.82, 2.24) is 0 Å². The van der Waals surface area contributed by atoms with Gasteiger partial charge in [-0.15, -0.1) is 0 Å². The highest BCUT2D eigenvalue weighted by Crippen LogP contribution is 2.40. The molecule has 2 aromatic rings. The van der Waals surface area contributed by atoms with Crippen LogP contribution < -0.4 is 19.1 Å². The number of rotatable bonds is 5. The fraction of sp³-hybridized carbons (Fsp3) is 0.333. The maximum atomic E-state index is 12.6. The minimum absolute atomic E-state index is 0.0660. The number of carbonyl (C=O) groups is 2. The SMILES string of the molecule is COc1cc(OC)c(N2C[C@H](C(=O)Oc3ccc(C)c(C)c3)CC2=O)cc1Cl. The molecule has 0 N–H and O–H groups in total. The quantitative estimate of drug-likeness (QED) is 0.559. The molecule has 2 aromatic carbocycles. The second kappa shape index (κ2) is 8.10. The Morgan fingerprint density at radius 3 is 2.43 bits per heavy atom. The molecule has 1 heterocycles.